The Morgan fingerprint density at radius 2 is 2.20 bits per heavy atom. The average molecular weight is 359 g/mol. The van der Waals surface area contributed by atoms with Crippen LogP contribution in [0.4, 0.5) is 10.5 Å². The number of hydrogen-bond acceptors (Lipinski definition) is 3. The molecule has 130 valence electrons. The van der Waals surface area contributed by atoms with Crippen LogP contribution in [0, 0.1) is 6.92 Å². The Morgan fingerprint density at radius 1 is 1.40 bits per heavy atom. The van der Waals surface area contributed by atoms with Crippen LogP contribution in [-0.4, -0.2) is 42.0 Å². The zero-order valence-electron chi connectivity index (χ0n) is 14.1. The molecular weight excluding hydrogens is 340 g/mol. The van der Waals surface area contributed by atoms with E-state index in [4.69, 9.17) is 11.6 Å². The molecule has 0 saturated carbocycles. The molecule has 0 atom stereocenters. The molecule has 0 spiro atoms. The number of pyridine rings is 1. The molecule has 7 heteroatoms. The van der Waals surface area contributed by atoms with Gasteiger partial charge in [0.15, 0.2) is 0 Å². The highest BCUT2D eigenvalue weighted by atomic mass is 35.5. The molecule has 1 aromatic heterocycles. The van der Waals surface area contributed by atoms with Gasteiger partial charge in [-0.1, -0.05) is 23.7 Å². The summed E-state index contributed by atoms with van der Waals surface area (Å²) < 4.78 is 0. The van der Waals surface area contributed by atoms with Gasteiger partial charge >= 0.3 is 6.03 Å². The van der Waals surface area contributed by atoms with Crippen LogP contribution in [0.1, 0.15) is 21.5 Å². The average Bonchev–Trinajstić information content (AvgIpc) is 3.02. The Labute approximate surface area is 151 Å². The fourth-order valence-electron chi connectivity index (χ4n) is 2.82. The van der Waals surface area contributed by atoms with Crippen LogP contribution in [0.2, 0.25) is 5.15 Å². The summed E-state index contributed by atoms with van der Waals surface area (Å²) in [7, 11) is 1.72. The maximum absolute atomic E-state index is 12.8. The van der Waals surface area contributed by atoms with Crippen molar-refractivity contribution in [2.24, 2.45) is 0 Å². The molecule has 25 heavy (non-hydrogen) atoms. The van der Waals surface area contributed by atoms with Gasteiger partial charge in [0, 0.05) is 49.7 Å². The van der Waals surface area contributed by atoms with Gasteiger partial charge in [0.2, 0.25) is 0 Å². The molecule has 0 aliphatic carbocycles. The molecule has 1 aliphatic heterocycles. The van der Waals surface area contributed by atoms with E-state index in [9.17, 15) is 9.59 Å². The van der Waals surface area contributed by atoms with E-state index < -0.39 is 0 Å². The predicted octanol–water partition coefficient (Wildman–Crippen LogP) is 2.85. The van der Waals surface area contributed by atoms with Gasteiger partial charge in [-0.05, 0) is 30.7 Å². The van der Waals surface area contributed by atoms with Crippen LogP contribution in [0.5, 0.6) is 0 Å². The summed E-state index contributed by atoms with van der Waals surface area (Å²) in [5.41, 5.74) is 3.02. The van der Waals surface area contributed by atoms with Gasteiger partial charge in [0.05, 0.1) is 0 Å². The van der Waals surface area contributed by atoms with Crippen molar-refractivity contribution in [3.05, 3.63) is 58.4 Å². The summed E-state index contributed by atoms with van der Waals surface area (Å²) in [4.78, 5) is 32.0. The third-order valence-corrected chi connectivity index (χ3v) is 4.53. The van der Waals surface area contributed by atoms with Gasteiger partial charge in [0.25, 0.3) is 5.91 Å². The number of aromatic nitrogens is 1. The van der Waals surface area contributed by atoms with E-state index in [0.29, 0.717) is 30.4 Å². The Bertz CT molecular complexity index is 824. The first-order chi connectivity index (χ1) is 12.0. The van der Waals surface area contributed by atoms with Crippen molar-refractivity contribution in [3.8, 4) is 0 Å². The molecule has 0 unspecified atom stereocenters. The van der Waals surface area contributed by atoms with E-state index in [1.165, 1.54) is 0 Å². The van der Waals surface area contributed by atoms with Gasteiger partial charge in [-0.15, -0.1) is 0 Å². The molecule has 1 fully saturated rings. The number of hydrogen-bond donors (Lipinski definition) is 1. The third kappa shape index (κ3) is 3.58. The van der Waals surface area contributed by atoms with Crippen molar-refractivity contribution in [1.29, 1.82) is 0 Å². The van der Waals surface area contributed by atoms with E-state index in [0.717, 1.165) is 16.8 Å². The number of rotatable bonds is 4. The van der Waals surface area contributed by atoms with Crippen molar-refractivity contribution in [2.45, 2.75) is 13.5 Å². The minimum atomic E-state index is -0.138. The topological polar surface area (TPSA) is 65.5 Å². The Hall–Kier alpha value is -2.60. The summed E-state index contributed by atoms with van der Waals surface area (Å²) in [5, 5.41) is 3.17. The van der Waals surface area contributed by atoms with Gasteiger partial charge in [-0.25, -0.2) is 9.78 Å². The van der Waals surface area contributed by atoms with Crippen LogP contribution in [0.3, 0.4) is 0 Å². The van der Waals surface area contributed by atoms with Crippen LogP contribution in [0.25, 0.3) is 0 Å². The molecule has 1 saturated heterocycles. The molecular formula is C18H19ClN4O2. The van der Waals surface area contributed by atoms with Crippen LogP contribution >= 0.6 is 11.6 Å². The summed E-state index contributed by atoms with van der Waals surface area (Å²) in [6.07, 6.45) is 1.61. The quantitative estimate of drug-likeness (QED) is 0.855. The molecule has 2 aromatic rings. The normalized spacial score (nSPS) is 13.7. The number of carbonyl (C=O) groups is 2. The number of halogens is 1. The fourth-order valence-corrected chi connectivity index (χ4v) is 3.00. The van der Waals surface area contributed by atoms with Crippen molar-refractivity contribution in [2.75, 3.05) is 25.0 Å². The van der Waals surface area contributed by atoms with Gasteiger partial charge in [-0.3, -0.25) is 9.69 Å². The van der Waals surface area contributed by atoms with E-state index in [2.05, 4.69) is 10.3 Å². The number of anilines is 1. The maximum Gasteiger partial charge on any atom is 0.322 e. The smallest absolute Gasteiger partial charge is 0.322 e. The Morgan fingerprint density at radius 3 is 2.88 bits per heavy atom. The van der Waals surface area contributed by atoms with Gasteiger partial charge in [-0.2, -0.15) is 0 Å². The first kappa shape index (κ1) is 17.2. The third-order valence-electron chi connectivity index (χ3n) is 4.19. The Kier molecular flexibility index (Phi) is 4.90. The molecule has 3 rings (SSSR count). The molecule has 6 nitrogen and oxygen atoms in total. The highest BCUT2D eigenvalue weighted by Crippen LogP contribution is 2.24. The van der Waals surface area contributed by atoms with Gasteiger partial charge < -0.3 is 10.2 Å². The fraction of sp³-hybridized carbons (Fsp3) is 0.278. The second-order valence-corrected chi connectivity index (χ2v) is 6.36. The number of urea groups is 1. The van der Waals surface area contributed by atoms with Crippen molar-refractivity contribution in [1.82, 2.24) is 15.2 Å². The van der Waals surface area contributed by atoms with Gasteiger partial charge in [0.1, 0.15) is 5.15 Å². The van der Waals surface area contributed by atoms with Crippen molar-refractivity contribution >= 4 is 29.2 Å². The standard InChI is InChI=1S/C18H19ClN4O2/c1-12-5-6-13(10-15(12)23-9-8-21-18(23)25)17(24)22(2)11-14-4-3-7-20-16(14)19/h3-7,10H,8-9,11H2,1-2H3,(H,21,25). The zero-order valence-corrected chi connectivity index (χ0v) is 14.9. The number of nitrogens with one attached hydrogen (secondary N) is 1. The molecule has 2 heterocycles. The van der Waals surface area contributed by atoms with E-state index in [1.54, 1.807) is 41.2 Å². The van der Waals surface area contributed by atoms with Crippen molar-refractivity contribution < 1.29 is 9.59 Å². The van der Waals surface area contributed by atoms with E-state index in [1.807, 2.05) is 19.1 Å². The highest BCUT2D eigenvalue weighted by Gasteiger charge is 2.24. The molecule has 1 aromatic carbocycles. The van der Waals surface area contributed by atoms with Crippen molar-refractivity contribution in [3.63, 3.8) is 0 Å². The second-order valence-electron chi connectivity index (χ2n) is 6.00. The SMILES string of the molecule is Cc1ccc(C(=O)N(C)Cc2cccnc2Cl)cc1N1CCNC1=O. The highest BCUT2D eigenvalue weighted by molar-refractivity contribution is 6.30. The lowest BCUT2D eigenvalue weighted by Gasteiger charge is -2.21. The molecule has 1 N–H and O–H groups in total. The molecule has 1 aliphatic rings. The lowest BCUT2D eigenvalue weighted by atomic mass is 10.1. The van der Waals surface area contributed by atoms with Crippen LogP contribution in [-0.2, 0) is 6.54 Å². The summed E-state index contributed by atoms with van der Waals surface area (Å²) in [5.74, 6) is -0.138. The Balaban J connectivity index is 1.82. The van der Waals surface area contributed by atoms with Crippen LogP contribution < -0.4 is 10.2 Å². The second kappa shape index (κ2) is 7.11. The maximum atomic E-state index is 12.8. The summed E-state index contributed by atoms with van der Waals surface area (Å²) in [6.45, 7) is 3.49. The minimum absolute atomic E-state index is 0.136. The monoisotopic (exact) mass is 358 g/mol. The lowest BCUT2D eigenvalue weighted by molar-refractivity contribution is 0.0785. The first-order valence-corrected chi connectivity index (χ1v) is 8.36. The molecule has 0 bridgehead atoms. The van der Waals surface area contributed by atoms with Crippen LogP contribution in [0.15, 0.2) is 36.5 Å². The first-order valence-electron chi connectivity index (χ1n) is 7.98. The lowest BCUT2D eigenvalue weighted by Crippen LogP contribution is -2.29. The predicted molar refractivity (Wildman–Crippen MR) is 97.0 cm³/mol. The minimum Gasteiger partial charge on any atom is -0.337 e. The number of carbonyl (C=O) groups excluding carboxylic acids is 2. The summed E-state index contributed by atoms with van der Waals surface area (Å²) in [6, 6.07) is 8.90. The number of nitrogens with zero attached hydrogens (tertiary/aromatic N) is 3. The van der Waals surface area contributed by atoms with E-state index in [-0.39, 0.29) is 11.9 Å². The molecule has 0 radical (unpaired) electrons. The number of benzene rings is 1. The van der Waals surface area contributed by atoms with E-state index >= 15 is 0 Å². The summed E-state index contributed by atoms with van der Waals surface area (Å²) >= 11 is 6.07. The number of aryl methyl sites for hydroxylation is 1. The number of amides is 3. The zero-order chi connectivity index (χ0) is 18.0. The molecule has 3 amide bonds. The largest absolute Gasteiger partial charge is 0.337 e.